The normalized spacial score (nSPS) is 12.9. The van der Waals surface area contributed by atoms with Crippen LogP contribution in [-0.2, 0) is 28.6 Å². The molecule has 0 heterocycles. The van der Waals surface area contributed by atoms with Gasteiger partial charge in [0, 0.05) is 12.8 Å². The smallest absolute Gasteiger partial charge is 0.310 e. The zero-order chi connectivity index (χ0) is 54.3. The van der Waals surface area contributed by atoms with Crippen molar-refractivity contribution in [3.63, 3.8) is 0 Å². The van der Waals surface area contributed by atoms with Crippen LogP contribution in [0.1, 0.15) is 278 Å². The number of ether oxygens (including phenoxy) is 3. The minimum atomic E-state index is -0.843. The Kier molecular flexibility index (Phi) is 58.9. The molecule has 0 fully saturated rings. The Morgan fingerprint density at radius 2 is 0.560 bits per heavy atom. The molecule has 0 saturated carbocycles. The minimum Gasteiger partial charge on any atom is -0.462 e. The van der Waals surface area contributed by atoms with Gasteiger partial charge in [0.2, 0.25) is 0 Å². The summed E-state index contributed by atoms with van der Waals surface area (Å²) >= 11 is 0. The van der Waals surface area contributed by atoms with Crippen molar-refractivity contribution in [1.82, 2.24) is 0 Å². The van der Waals surface area contributed by atoms with E-state index in [0.29, 0.717) is 19.3 Å². The van der Waals surface area contributed by atoms with Crippen LogP contribution in [0, 0.1) is 0 Å². The molecule has 0 aliphatic rings. The van der Waals surface area contributed by atoms with Gasteiger partial charge in [0.15, 0.2) is 6.10 Å². The first-order valence-corrected chi connectivity index (χ1v) is 31.0. The van der Waals surface area contributed by atoms with E-state index in [1.807, 2.05) is 6.08 Å². The Bertz CT molecular complexity index is 1570. The summed E-state index contributed by atoms with van der Waals surface area (Å²) in [7, 11) is 0. The molecule has 1 atom stereocenters. The third-order valence-corrected chi connectivity index (χ3v) is 13.0. The molecule has 0 spiro atoms. The minimum absolute atomic E-state index is 0.0900. The lowest BCUT2D eigenvalue weighted by Gasteiger charge is -2.18. The first-order valence-electron chi connectivity index (χ1n) is 31.0. The van der Waals surface area contributed by atoms with Gasteiger partial charge in [-0.1, -0.05) is 264 Å². The lowest BCUT2D eigenvalue weighted by Crippen LogP contribution is -2.30. The van der Waals surface area contributed by atoms with E-state index in [2.05, 4.69) is 130 Å². The van der Waals surface area contributed by atoms with Crippen molar-refractivity contribution in [3.05, 3.63) is 122 Å². The molecular weight excluding hydrogens is 925 g/mol. The molecule has 0 aromatic rings. The van der Waals surface area contributed by atoms with Crippen molar-refractivity contribution in [1.29, 1.82) is 0 Å². The maximum absolute atomic E-state index is 12.8. The fourth-order valence-electron chi connectivity index (χ4n) is 8.32. The van der Waals surface area contributed by atoms with E-state index >= 15 is 0 Å². The van der Waals surface area contributed by atoms with E-state index in [1.165, 1.54) is 128 Å². The van der Waals surface area contributed by atoms with Crippen LogP contribution in [-0.4, -0.2) is 37.2 Å². The lowest BCUT2D eigenvalue weighted by molar-refractivity contribution is -0.166. The molecule has 6 heteroatoms. The molecule has 0 aromatic heterocycles. The maximum Gasteiger partial charge on any atom is 0.310 e. The molecule has 426 valence electrons. The van der Waals surface area contributed by atoms with Crippen LogP contribution < -0.4 is 0 Å². The van der Waals surface area contributed by atoms with E-state index in [9.17, 15) is 14.4 Å². The summed E-state index contributed by atoms with van der Waals surface area (Å²) in [6.07, 6.45) is 86.6. The van der Waals surface area contributed by atoms with Gasteiger partial charge in [-0.3, -0.25) is 14.4 Å². The highest BCUT2D eigenvalue weighted by Gasteiger charge is 2.19. The van der Waals surface area contributed by atoms with Gasteiger partial charge in [0.1, 0.15) is 13.2 Å². The van der Waals surface area contributed by atoms with Crippen molar-refractivity contribution in [2.24, 2.45) is 0 Å². The summed E-state index contributed by atoms with van der Waals surface area (Å²) in [6.45, 7) is 6.40. The Morgan fingerprint density at radius 1 is 0.293 bits per heavy atom. The standard InChI is InChI=1S/C69H114O6/c1-4-7-10-13-16-19-22-25-28-29-30-31-32-33-34-35-36-37-38-39-42-44-47-50-53-56-59-62-68(71)74-65-66(75-69(72)63-60-57-54-51-48-45-41-27-24-21-18-15-12-9-6-3)64-73-67(70)61-58-55-52-49-46-43-40-26-23-20-17-14-11-8-5-2/h9,12,17-18,20-22,25-27,29-30,32-33,40-41,48,51,57,60,66H,4-8,10-11,13-16,19,23-24,28,31,34-39,42-47,49-50,52-56,58-59,61-65H2,1-3H3/b12-9-,20-17-,21-18-,25-22-,30-29-,33-32-,40-26-,41-27-,51-48-,60-57-. The third kappa shape index (κ3) is 60.6. The molecule has 0 rings (SSSR count). The second kappa shape index (κ2) is 62.4. The molecule has 0 saturated heterocycles. The predicted octanol–water partition coefficient (Wildman–Crippen LogP) is 21.2. The van der Waals surface area contributed by atoms with Crippen molar-refractivity contribution in [3.8, 4) is 0 Å². The second-order valence-corrected chi connectivity index (χ2v) is 20.2. The van der Waals surface area contributed by atoms with Crippen molar-refractivity contribution in [2.75, 3.05) is 13.2 Å². The fraction of sp³-hybridized carbons (Fsp3) is 0.667. The molecule has 1 unspecified atom stereocenters. The van der Waals surface area contributed by atoms with E-state index in [-0.39, 0.29) is 31.6 Å². The van der Waals surface area contributed by atoms with Crippen molar-refractivity contribution < 1.29 is 28.6 Å². The molecular formula is C69H114O6. The van der Waals surface area contributed by atoms with Gasteiger partial charge >= 0.3 is 17.9 Å². The zero-order valence-corrected chi connectivity index (χ0v) is 48.8. The summed E-state index contributed by atoms with van der Waals surface area (Å²) in [5.41, 5.74) is 0. The van der Waals surface area contributed by atoms with Gasteiger partial charge in [0.25, 0.3) is 0 Å². The van der Waals surface area contributed by atoms with Crippen LogP contribution in [0.4, 0.5) is 0 Å². The van der Waals surface area contributed by atoms with Crippen LogP contribution in [0.25, 0.3) is 0 Å². The predicted molar refractivity (Wildman–Crippen MR) is 325 cm³/mol. The maximum atomic E-state index is 12.8. The topological polar surface area (TPSA) is 78.9 Å². The van der Waals surface area contributed by atoms with Crippen LogP contribution in [0.15, 0.2) is 122 Å². The Hall–Kier alpha value is -4.19. The Balaban J connectivity index is 4.38. The van der Waals surface area contributed by atoms with Gasteiger partial charge < -0.3 is 14.2 Å². The monoisotopic (exact) mass is 1040 g/mol. The van der Waals surface area contributed by atoms with Crippen LogP contribution in [0.3, 0.4) is 0 Å². The Morgan fingerprint density at radius 3 is 0.907 bits per heavy atom. The van der Waals surface area contributed by atoms with E-state index in [0.717, 1.165) is 103 Å². The van der Waals surface area contributed by atoms with Crippen molar-refractivity contribution in [2.45, 2.75) is 284 Å². The first-order chi connectivity index (χ1) is 37.0. The second-order valence-electron chi connectivity index (χ2n) is 20.2. The fourth-order valence-corrected chi connectivity index (χ4v) is 8.32. The summed E-state index contributed by atoms with van der Waals surface area (Å²) < 4.78 is 16.8. The number of carbonyl (C=O) groups is 3. The highest BCUT2D eigenvalue weighted by atomic mass is 16.6. The van der Waals surface area contributed by atoms with Gasteiger partial charge in [-0.15, -0.1) is 0 Å². The van der Waals surface area contributed by atoms with Crippen LogP contribution in [0.5, 0.6) is 0 Å². The number of hydrogen-bond donors (Lipinski definition) is 0. The van der Waals surface area contributed by atoms with E-state index < -0.39 is 12.1 Å². The van der Waals surface area contributed by atoms with Gasteiger partial charge in [-0.2, -0.15) is 0 Å². The highest BCUT2D eigenvalue weighted by Crippen LogP contribution is 2.15. The van der Waals surface area contributed by atoms with Crippen LogP contribution in [0.2, 0.25) is 0 Å². The lowest BCUT2D eigenvalue weighted by atomic mass is 10.0. The number of carbonyl (C=O) groups excluding carboxylic acids is 3. The summed E-state index contributed by atoms with van der Waals surface area (Å²) in [5, 5.41) is 0. The van der Waals surface area contributed by atoms with Gasteiger partial charge in [0.05, 0.1) is 6.42 Å². The molecule has 75 heavy (non-hydrogen) atoms. The Labute approximate surface area is 462 Å². The molecule has 0 N–H and O–H groups in total. The largest absolute Gasteiger partial charge is 0.462 e. The average Bonchev–Trinajstić information content (AvgIpc) is 3.41. The van der Waals surface area contributed by atoms with E-state index in [1.54, 1.807) is 6.08 Å². The SMILES string of the molecule is CC/C=C\C/C=C\C/C=C\C/C=C\C/C=C\CC(=O)OC(COC(=O)CCCCCCC/C=C\C/C=C\CCCCC)COC(=O)CCCCCCCCCCCCCC/C=C\C/C=C\C/C=C\CCCCCCC. The summed E-state index contributed by atoms with van der Waals surface area (Å²) in [6, 6.07) is 0. The average molecular weight is 1040 g/mol. The number of unbranched alkanes of at least 4 members (excludes halogenated alkanes) is 25. The van der Waals surface area contributed by atoms with E-state index in [4.69, 9.17) is 14.2 Å². The molecule has 0 aliphatic heterocycles. The highest BCUT2D eigenvalue weighted by molar-refractivity contribution is 5.72. The summed E-state index contributed by atoms with van der Waals surface area (Å²) in [4.78, 5) is 38.2. The summed E-state index contributed by atoms with van der Waals surface area (Å²) in [5.74, 6) is -1.07. The first kappa shape index (κ1) is 70.8. The van der Waals surface area contributed by atoms with Crippen LogP contribution >= 0.6 is 0 Å². The molecule has 0 aliphatic carbocycles. The number of rotatable bonds is 55. The molecule has 0 bridgehead atoms. The molecule has 0 aromatic carbocycles. The molecule has 0 amide bonds. The number of hydrogen-bond acceptors (Lipinski definition) is 6. The van der Waals surface area contributed by atoms with Crippen molar-refractivity contribution >= 4 is 17.9 Å². The number of allylic oxidation sites excluding steroid dienone is 19. The van der Waals surface area contributed by atoms with Gasteiger partial charge in [-0.25, -0.2) is 0 Å². The molecule has 0 radical (unpaired) electrons. The number of esters is 3. The van der Waals surface area contributed by atoms with Gasteiger partial charge in [-0.05, 0) is 116 Å². The third-order valence-electron chi connectivity index (χ3n) is 13.0. The molecule has 6 nitrogen and oxygen atoms in total. The quantitative estimate of drug-likeness (QED) is 0.0261. The zero-order valence-electron chi connectivity index (χ0n) is 48.8.